The molecule has 1 aromatic rings. The van der Waals surface area contributed by atoms with Gasteiger partial charge < -0.3 is 0 Å². The fourth-order valence-electron chi connectivity index (χ4n) is 0.985. The lowest BCUT2D eigenvalue weighted by molar-refractivity contribution is 0.899. The van der Waals surface area contributed by atoms with Gasteiger partial charge in [-0.3, -0.25) is 4.98 Å². The third-order valence-corrected chi connectivity index (χ3v) is 1.61. The summed E-state index contributed by atoms with van der Waals surface area (Å²) in [5, 5.41) is 9.48. The highest BCUT2D eigenvalue weighted by atomic mass is 15.6. The molecular formula is C7H9N5. The van der Waals surface area contributed by atoms with E-state index in [1.807, 2.05) is 6.92 Å². The first-order chi connectivity index (χ1) is 5.86. The molecule has 0 amide bonds. The minimum Gasteiger partial charge on any atom is -0.256 e. The first-order valence-corrected chi connectivity index (χ1v) is 3.80. The summed E-state index contributed by atoms with van der Waals surface area (Å²) in [6, 6.07) is 0. The molecule has 2 heterocycles. The van der Waals surface area contributed by atoms with E-state index >= 15 is 0 Å². The van der Waals surface area contributed by atoms with Gasteiger partial charge in [0.1, 0.15) is 0 Å². The zero-order chi connectivity index (χ0) is 8.39. The largest absolute Gasteiger partial charge is 0.256 e. The number of anilines is 1. The Balaban J connectivity index is 2.23. The Bertz CT molecular complexity index is 291. The maximum Gasteiger partial charge on any atom is 0.168 e. The van der Waals surface area contributed by atoms with Crippen molar-refractivity contribution in [2.45, 2.75) is 6.92 Å². The van der Waals surface area contributed by atoms with Crippen LogP contribution in [0.15, 0.2) is 22.7 Å². The van der Waals surface area contributed by atoms with Crippen LogP contribution in [-0.2, 0) is 0 Å². The van der Waals surface area contributed by atoms with E-state index in [1.165, 1.54) is 0 Å². The quantitative estimate of drug-likeness (QED) is 0.619. The summed E-state index contributed by atoms with van der Waals surface area (Å²) < 4.78 is 0. The molecule has 0 unspecified atom stereocenters. The van der Waals surface area contributed by atoms with E-state index in [0.29, 0.717) is 0 Å². The molecule has 0 aliphatic carbocycles. The van der Waals surface area contributed by atoms with Crippen LogP contribution in [0.25, 0.3) is 0 Å². The second-order valence-electron chi connectivity index (χ2n) is 2.59. The fraction of sp³-hybridized carbons (Fsp3) is 0.429. The highest BCUT2D eigenvalue weighted by Crippen LogP contribution is 2.12. The Morgan fingerprint density at radius 3 is 2.83 bits per heavy atom. The minimum atomic E-state index is 0.746. The second-order valence-corrected chi connectivity index (χ2v) is 2.59. The Labute approximate surface area is 70.1 Å². The number of hydrogen-bond acceptors (Lipinski definition) is 5. The van der Waals surface area contributed by atoms with Crippen molar-refractivity contribution >= 4 is 5.82 Å². The molecule has 5 heteroatoms. The van der Waals surface area contributed by atoms with E-state index in [1.54, 1.807) is 17.4 Å². The summed E-state index contributed by atoms with van der Waals surface area (Å²) in [5.41, 5.74) is 0.912. The lowest BCUT2D eigenvalue weighted by Crippen LogP contribution is -2.15. The second kappa shape index (κ2) is 2.84. The summed E-state index contributed by atoms with van der Waals surface area (Å²) in [7, 11) is 0. The maximum atomic E-state index is 4.17. The van der Waals surface area contributed by atoms with Crippen molar-refractivity contribution in [1.82, 2.24) is 9.97 Å². The Morgan fingerprint density at radius 2 is 2.25 bits per heavy atom. The van der Waals surface area contributed by atoms with Crippen molar-refractivity contribution in [1.29, 1.82) is 0 Å². The van der Waals surface area contributed by atoms with Crippen molar-refractivity contribution in [2.75, 3.05) is 18.1 Å². The predicted octanol–water partition coefficient (Wildman–Crippen LogP) is 0.972. The van der Waals surface area contributed by atoms with Crippen LogP contribution in [-0.4, -0.2) is 23.1 Å². The molecule has 12 heavy (non-hydrogen) atoms. The molecule has 1 aromatic heterocycles. The molecule has 0 aromatic carbocycles. The van der Waals surface area contributed by atoms with Gasteiger partial charge in [0, 0.05) is 0 Å². The fourth-order valence-corrected chi connectivity index (χ4v) is 0.985. The van der Waals surface area contributed by atoms with Gasteiger partial charge in [0.05, 0.1) is 31.2 Å². The first kappa shape index (κ1) is 7.15. The van der Waals surface area contributed by atoms with Crippen molar-refractivity contribution in [2.24, 2.45) is 10.3 Å². The summed E-state index contributed by atoms with van der Waals surface area (Å²) in [5.74, 6) is 0.766. The third-order valence-electron chi connectivity index (χ3n) is 1.61. The third kappa shape index (κ3) is 1.25. The van der Waals surface area contributed by atoms with Crippen molar-refractivity contribution in [3.63, 3.8) is 0 Å². The van der Waals surface area contributed by atoms with Crippen LogP contribution in [0.3, 0.4) is 0 Å². The lowest BCUT2D eigenvalue weighted by Gasteiger charge is -2.08. The van der Waals surface area contributed by atoms with Crippen LogP contribution in [0.5, 0.6) is 0 Å². The van der Waals surface area contributed by atoms with Crippen molar-refractivity contribution in [3.05, 3.63) is 18.1 Å². The molecule has 0 atom stereocenters. The normalized spacial score (nSPS) is 15.6. The van der Waals surface area contributed by atoms with E-state index in [-0.39, 0.29) is 0 Å². The van der Waals surface area contributed by atoms with Gasteiger partial charge in [-0.05, 0) is 6.92 Å². The van der Waals surface area contributed by atoms with Crippen molar-refractivity contribution in [3.8, 4) is 0 Å². The monoisotopic (exact) mass is 163 g/mol. The summed E-state index contributed by atoms with van der Waals surface area (Å²) in [4.78, 5) is 8.29. The summed E-state index contributed by atoms with van der Waals surface area (Å²) in [6.45, 7) is 3.45. The Hall–Kier alpha value is -1.52. The van der Waals surface area contributed by atoms with Gasteiger partial charge in [-0.1, -0.05) is 5.22 Å². The topological polar surface area (TPSA) is 53.7 Å². The van der Waals surface area contributed by atoms with E-state index in [0.717, 1.165) is 24.6 Å². The molecule has 1 aliphatic heterocycles. The average molecular weight is 163 g/mol. The molecule has 62 valence electrons. The Morgan fingerprint density at radius 1 is 1.33 bits per heavy atom. The first-order valence-electron chi connectivity index (χ1n) is 3.80. The highest BCUT2D eigenvalue weighted by Gasteiger charge is 2.10. The van der Waals surface area contributed by atoms with Crippen LogP contribution >= 0.6 is 0 Å². The smallest absolute Gasteiger partial charge is 0.168 e. The number of nitrogens with zero attached hydrogens (tertiary/aromatic N) is 5. The van der Waals surface area contributed by atoms with Crippen LogP contribution in [0.2, 0.25) is 0 Å². The van der Waals surface area contributed by atoms with Gasteiger partial charge in [-0.25, -0.2) is 9.99 Å². The van der Waals surface area contributed by atoms with Gasteiger partial charge in [0.25, 0.3) is 0 Å². The molecule has 0 saturated carbocycles. The van der Waals surface area contributed by atoms with E-state index in [4.69, 9.17) is 0 Å². The van der Waals surface area contributed by atoms with Gasteiger partial charge in [0.2, 0.25) is 0 Å². The minimum absolute atomic E-state index is 0.746. The van der Waals surface area contributed by atoms with Gasteiger partial charge in [-0.2, -0.15) is 5.11 Å². The molecule has 0 N–H and O–H groups in total. The van der Waals surface area contributed by atoms with Crippen LogP contribution in [0.4, 0.5) is 5.82 Å². The van der Waals surface area contributed by atoms with Gasteiger partial charge >= 0.3 is 0 Å². The molecule has 0 bridgehead atoms. The Kier molecular flexibility index (Phi) is 1.69. The molecule has 0 saturated heterocycles. The lowest BCUT2D eigenvalue weighted by atomic mass is 10.5. The van der Waals surface area contributed by atoms with Crippen LogP contribution < -0.4 is 5.01 Å². The summed E-state index contributed by atoms with van der Waals surface area (Å²) in [6.07, 6.45) is 3.43. The average Bonchev–Trinajstić information content (AvgIpc) is 2.58. The zero-order valence-electron chi connectivity index (χ0n) is 6.80. The molecule has 0 radical (unpaired) electrons. The molecular weight excluding hydrogens is 154 g/mol. The standard InChI is InChI=1S/C7H9N5/c1-6-4-9-7(5-8-6)12-3-2-10-11-12/h4-5H,2-3H2,1H3. The number of hydrogen-bond donors (Lipinski definition) is 0. The molecule has 0 fully saturated rings. The molecule has 0 spiro atoms. The SMILES string of the molecule is Cc1cnc(N2CCN=N2)cn1. The number of aryl methyl sites for hydroxylation is 1. The predicted molar refractivity (Wildman–Crippen MR) is 43.8 cm³/mol. The van der Waals surface area contributed by atoms with E-state index in [9.17, 15) is 0 Å². The summed E-state index contributed by atoms with van der Waals surface area (Å²) >= 11 is 0. The highest BCUT2D eigenvalue weighted by molar-refractivity contribution is 5.34. The molecule has 2 rings (SSSR count). The molecule has 5 nitrogen and oxygen atoms in total. The zero-order valence-corrected chi connectivity index (χ0v) is 6.80. The number of aromatic nitrogens is 2. The number of rotatable bonds is 1. The van der Waals surface area contributed by atoms with Crippen LogP contribution in [0, 0.1) is 6.92 Å². The van der Waals surface area contributed by atoms with Gasteiger partial charge in [-0.15, -0.1) is 0 Å². The van der Waals surface area contributed by atoms with E-state index in [2.05, 4.69) is 20.3 Å². The maximum absolute atomic E-state index is 4.17. The van der Waals surface area contributed by atoms with Crippen LogP contribution in [0.1, 0.15) is 5.69 Å². The van der Waals surface area contributed by atoms with Gasteiger partial charge in [0.15, 0.2) is 5.82 Å². The molecule has 1 aliphatic rings. The van der Waals surface area contributed by atoms with Crippen molar-refractivity contribution < 1.29 is 0 Å². The van der Waals surface area contributed by atoms with E-state index < -0.39 is 0 Å².